The molecule has 0 saturated carbocycles. The van der Waals surface area contributed by atoms with Gasteiger partial charge in [0.1, 0.15) is 0 Å². The third kappa shape index (κ3) is 3.53. The van der Waals surface area contributed by atoms with Crippen molar-refractivity contribution in [1.82, 2.24) is 14.8 Å². The summed E-state index contributed by atoms with van der Waals surface area (Å²) in [7, 11) is 0. The molecule has 7 heteroatoms. The predicted octanol–water partition coefficient (Wildman–Crippen LogP) is 2.54. The first-order chi connectivity index (χ1) is 9.65. The fourth-order valence-electron chi connectivity index (χ4n) is 1.87. The van der Waals surface area contributed by atoms with Crippen LogP contribution in [0.15, 0.2) is 38.7 Å². The number of rotatable bonds is 6. The molecule has 1 aromatic carbocycles. The molecule has 0 bridgehead atoms. The van der Waals surface area contributed by atoms with Gasteiger partial charge in [0.15, 0.2) is 5.16 Å². The zero-order valence-corrected chi connectivity index (χ0v) is 13.6. The largest absolute Gasteiger partial charge is 0.343 e. The molecule has 0 amide bonds. The zero-order valence-electron chi connectivity index (χ0n) is 11.2. The van der Waals surface area contributed by atoms with Crippen LogP contribution in [0.2, 0.25) is 0 Å². The van der Waals surface area contributed by atoms with Crippen LogP contribution in [0.5, 0.6) is 0 Å². The Hall–Kier alpha value is -1.05. The number of hydrogen-bond acceptors (Lipinski definition) is 4. The van der Waals surface area contributed by atoms with E-state index in [0.717, 1.165) is 16.5 Å². The van der Waals surface area contributed by atoms with Crippen molar-refractivity contribution < 1.29 is 0 Å². The van der Waals surface area contributed by atoms with Gasteiger partial charge in [-0.25, -0.2) is 9.89 Å². The minimum Gasteiger partial charge on any atom is -0.329 e. The lowest BCUT2D eigenvalue weighted by molar-refractivity contribution is 0.602. The van der Waals surface area contributed by atoms with Crippen molar-refractivity contribution in [2.24, 2.45) is 5.73 Å². The smallest absolute Gasteiger partial charge is 0.329 e. The lowest BCUT2D eigenvalue weighted by Gasteiger charge is -2.14. The van der Waals surface area contributed by atoms with E-state index in [9.17, 15) is 4.79 Å². The van der Waals surface area contributed by atoms with Gasteiger partial charge in [-0.2, -0.15) is 0 Å². The van der Waals surface area contributed by atoms with E-state index in [1.165, 1.54) is 11.8 Å². The monoisotopic (exact) mass is 356 g/mol. The Bertz CT molecular complexity index is 608. The van der Waals surface area contributed by atoms with Crippen molar-refractivity contribution in [3.63, 3.8) is 0 Å². The summed E-state index contributed by atoms with van der Waals surface area (Å²) in [6.45, 7) is 3.18. The van der Waals surface area contributed by atoms with Gasteiger partial charge >= 0.3 is 5.69 Å². The van der Waals surface area contributed by atoms with Gasteiger partial charge < -0.3 is 5.73 Å². The number of nitrogens with one attached hydrogen (secondary N) is 1. The molecule has 0 fully saturated rings. The molecule has 1 atom stereocenters. The van der Waals surface area contributed by atoms with Gasteiger partial charge in [0, 0.05) is 22.8 Å². The zero-order chi connectivity index (χ0) is 14.5. The number of aromatic amines is 1. The van der Waals surface area contributed by atoms with Crippen molar-refractivity contribution in [2.75, 3.05) is 6.54 Å². The Morgan fingerprint density at radius 1 is 1.45 bits per heavy atom. The van der Waals surface area contributed by atoms with Crippen molar-refractivity contribution in [3.05, 3.63) is 44.8 Å². The first kappa shape index (κ1) is 15.3. The molecule has 3 N–H and O–H groups in total. The third-order valence-electron chi connectivity index (χ3n) is 2.87. The maximum atomic E-state index is 11.7. The average Bonchev–Trinajstić information content (AvgIpc) is 2.79. The van der Waals surface area contributed by atoms with Crippen molar-refractivity contribution in [2.45, 2.75) is 30.3 Å². The summed E-state index contributed by atoms with van der Waals surface area (Å²) >= 11 is 4.93. The van der Waals surface area contributed by atoms with Gasteiger partial charge in [0.05, 0.1) is 0 Å². The second-order valence-corrected chi connectivity index (χ2v) is 6.44. The standard InChI is InChI=1S/C13H17BrN4OS/c1-2-7-18-12(19)16-17-13(18)20-11(8-15)9-3-5-10(14)6-4-9/h3-6,11H,2,7-8,15H2,1H3,(H,16,19). The van der Waals surface area contributed by atoms with Crippen LogP contribution in [0, 0.1) is 0 Å². The number of benzene rings is 1. The van der Waals surface area contributed by atoms with Crippen molar-refractivity contribution in [1.29, 1.82) is 0 Å². The molecule has 5 nitrogen and oxygen atoms in total. The average molecular weight is 357 g/mol. The van der Waals surface area contributed by atoms with Gasteiger partial charge in [-0.3, -0.25) is 4.57 Å². The number of nitrogens with two attached hydrogens (primary N) is 1. The molecule has 2 rings (SSSR count). The Morgan fingerprint density at radius 3 is 2.75 bits per heavy atom. The molecule has 0 aliphatic heterocycles. The van der Waals surface area contributed by atoms with Crippen LogP contribution in [0.1, 0.15) is 24.2 Å². The lowest BCUT2D eigenvalue weighted by Crippen LogP contribution is -2.18. The van der Waals surface area contributed by atoms with E-state index in [1.807, 2.05) is 31.2 Å². The van der Waals surface area contributed by atoms with E-state index in [-0.39, 0.29) is 10.9 Å². The molecule has 0 aliphatic carbocycles. The molecular weight excluding hydrogens is 340 g/mol. The summed E-state index contributed by atoms with van der Waals surface area (Å²) in [5, 5.41) is 7.36. The van der Waals surface area contributed by atoms with E-state index >= 15 is 0 Å². The molecule has 2 aromatic rings. The van der Waals surface area contributed by atoms with Crippen LogP contribution in [0.25, 0.3) is 0 Å². The number of aromatic nitrogens is 3. The third-order valence-corrected chi connectivity index (χ3v) is 4.67. The van der Waals surface area contributed by atoms with E-state index < -0.39 is 0 Å². The summed E-state index contributed by atoms with van der Waals surface area (Å²) in [5.74, 6) is 0. The molecule has 0 saturated heterocycles. The van der Waals surface area contributed by atoms with Crippen LogP contribution >= 0.6 is 27.7 Å². The van der Waals surface area contributed by atoms with E-state index in [2.05, 4.69) is 26.1 Å². The van der Waals surface area contributed by atoms with Crippen LogP contribution in [-0.4, -0.2) is 21.3 Å². The van der Waals surface area contributed by atoms with Crippen molar-refractivity contribution >= 4 is 27.7 Å². The van der Waals surface area contributed by atoms with Gasteiger partial charge in [-0.15, -0.1) is 5.10 Å². The van der Waals surface area contributed by atoms with Gasteiger partial charge in [0.2, 0.25) is 0 Å². The highest BCUT2D eigenvalue weighted by Crippen LogP contribution is 2.33. The SMILES string of the molecule is CCCn1c(SC(CN)c2ccc(Br)cc2)n[nH]c1=O. The molecule has 0 spiro atoms. The number of H-pyrrole nitrogens is 1. The fourth-order valence-corrected chi connectivity index (χ4v) is 3.18. The molecule has 1 unspecified atom stereocenters. The molecule has 20 heavy (non-hydrogen) atoms. The molecule has 1 heterocycles. The van der Waals surface area contributed by atoms with Gasteiger partial charge in [-0.1, -0.05) is 46.7 Å². The minimum absolute atomic E-state index is 0.0777. The number of hydrogen-bond donors (Lipinski definition) is 2. The normalized spacial score (nSPS) is 12.6. The summed E-state index contributed by atoms with van der Waals surface area (Å²) in [5.41, 5.74) is 6.82. The van der Waals surface area contributed by atoms with E-state index in [1.54, 1.807) is 4.57 Å². The Morgan fingerprint density at radius 2 is 2.15 bits per heavy atom. The highest BCUT2D eigenvalue weighted by atomic mass is 79.9. The maximum absolute atomic E-state index is 11.7. The summed E-state index contributed by atoms with van der Waals surface area (Å²) in [6, 6.07) is 8.04. The topological polar surface area (TPSA) is 76.7 Å². The highest BCUT2D eigenvalue weighted by molar-refractivity contribution is 9.10. The van der Waals surface area contributed by atoms with Crippen LogP contribution in [0.3, 0.4) is 0 Å². The Labute approximate surface area is 130 Å². The molecular formula is C13H17BrN4OS. The molecule has 1 aromatic heterocycles. The minimum atomic E-state index is -0.166. The van der Waals surface area contributed by atoms with Crippen LogP contribution < -0.4 is 11.4 Å². The molecule has 0 aliphatic rings. The molecule has 0 radical (unpaired) electrons. The van der Waals surface area contributed by atoms with Gasteiger partial charge in [-0.05, 0) is 24.1 Å². The fraction of sp³-hybridized carbons (Fsp3) is 0.385. The number of halogens is 1. The van der Waals surface area contributed by atoms with Crippen molar-refractivity contribution in [3.8, 4) is 0 Å². The number of nitrogens with zero attached hydrogens (tertiary/aromatic N) is 2. The highest BCUT2D eigenvalue weighted by Gasteiger charge is 2.16. The summed E-state index contributed by atoms with van der Waals surface area (Å²) < 4.78 is 2.69. The summed E-state index contributed by atoms with van der Waals surface area (Å²) in [4.78, 5) is 11.7. The number of thioether (sulfide) groups is 1. The second kappa shape index (κ2) is 7.10. The first-order valence-electron chi connectivity index (χ1n) is 6.43. The Kier molecular flexibility index (Phi) is 5.45. The van der Waals surface area contributed by atoms with Crippen LogP contribution in [-0.2, 0) is 6.54 Å². The maximum Gasteiger partial charge on any atom is 0.343 e. The van der Waals surface area contributed by atoms with Gasteiger partial charge in [0.25, 0.3) is 0 Å². The lowest BCUT2D eigenvalue weighted by atomic mass is 10.1. The first-order valence-corrected chi connectivity index (χ1v) is 8.10. The van der Waals surface area contributed by atoms with E-state index in [4.69, 9.17) is 5.73 Å². The summed E-state index contributed by atoms with van der Waals surface area (Å²) in [6.07, 6.45) is 0.887. The second-order valence-electron chi connectivity index (χ2n) is 4.36. The Balaban J connectivity index is 2.22. The predicted molar refractivity (Wildman–Crippen MR) is 84.9 cm³/mol. The molecule has 108 valence electrons. The quantitative estimate of drug-likeness (QED) is 0.779. The van der Waals surface area contributed by atoms with Crippen LogP contribution in [0.4, 0.5) is 0 Å². The van der Waals surface area contributed by atoms with E-state index in [0.29, 0.717) is 18.2 Å².